The smallest absolute Gasteiger partial charge is 0.335 e. The quantitative estimate of drug-likeness (QED) is 0.907. The Kier molecular flexibility index (Phi) is 3.23. The van der Waals surface area contributed by atoms with Gasteiger partial charge in [-0.3, -0.25) is 0 Å². The molecule has 18 heavy (non-hydrogen) atoms. The summed E-state index contributed by atoms with van der Waals surface area (Å²) < 4.78 is 31.1. The molecule has 0 atom stereocenters. The summed E-state index contributed by atoms with van der Waals surface area (Å²) in [5.41, 5.74) is 0.0232. The maximum Gasteiger partial charge on any atom is 0.335 e. The van der Waals surface area contributed by atoms with Crippen LogP contribution in [0.3, 0.4) is 0 Å². The van der Waals surface area contributed by atoms with Gasteiger partial charge in [-0.1, -0.05) is 6.07 Å². The molecule has 1 N–H and O–H groups in total. The molecule has 2 aromatic rings. The van der Waals surface area contributed by atoms with Gasteiger partial charge in [-0.25, -0.2) is 13.6 Å². The van der Waals surface area contributed by atoms with Gasteiger partial charge in [0.1, 0.15) is 11.6 Å². The molecule has 0 saturated carbocycles. The number of hydrogen-bond donors (Lipinski definition) is 1. The van der Waals surface area contributed by atoms with Gasteiger partial charge >= 0.3 is 5.97 Å². The molecule has 0 aromatic heterocycles. The molecule has 0 aliphatic rings. The van der Waals surface area contributed by atoms with Crippen molar-refractivity contribution >= 4 is 5.97 Å². The van der Waals surface area contributed by atoms with Gasteiger partial charge in [-0.2, -0.15) is 0 Å². The summed E-state index contributed by atoms with van der Waals surface area (Å²) in [6, 6.07) is 8.48. The van der Waals surface area contributed by atoms with Crippen molar-refractivity contribution in [3.63, 3.8) is 0 Å². The highest BCUT2D eigenvalue weighted by Gasteiger charge is 2.08. The first-order chi connectivity index (χ1) is 8.56. The van der Waals surface area contributed by atoms with E-state index in [1.165, 1.54) is 24.3 Å². The Morgan fingerprint density at radius 2 is 1.89 bits per heavy atom. The fraction of sp³-hybridized carbons (Fsp3) is 0. The molecule has 5 heteroatoms. The van der Waals surface area contributed by atoms with Crippen LogP contribution in [0.1, 0.15) is 10.4 Å². The third-order valence-corrected chi connectivity index (χ3v) is 2.20. The second-order valence-corrected chi connectivity index (χ2v) is 3.51. The van der Waals surface area contributed by atoms with Gasteiger partial charge < -0.3 is 9.84 Å². The molecule has 0 heterocycles. The number of rotatable bonds is 3. The van der Waals surface area contributed by atoms with Crippen molar-refractivity contribution in [1.29, 1.82) is 0 Å². The number of halogens is 2. The molecule has 2 rings (SSSR count). The van der Waals surface area contributed by atoms with Crippen LogP contribution in [0.4, 0.5) is 8.78 Å². The van der Waals surface area contributed by atoms with E-state index < -0.39 is 17.6 Å². The molecule has 0 saturated heterocycles. The fourth-order valence-corrected chi connectivity index (χ4v) is 1.38. The molecule has 92 valence electrons. The van der Waals surface area contributed by atoms with Gasteiger partial charge in [0.2, 0.25) is 0 Å². The van der Waals surface area contributed by atoms with Gasteiger partial charge in [0.05, 0.1) is 5.56 Å². The third-order valence-electron chi connectivity index (χ3n) is 2.20. The van der Waals surface area contributed by atoms with Crippen LogP contribution >= 0.6 is 0 Å². The van der Waals surface area contributed by atoms with Crippen molar-refractivity contribution < 1.29 is 23.4 Å². The van der Waals surface area contributed by atoms with Crippen LogP contribution in [0.15, 0.2) is 42.5 Å². The first-order valence-electron chi connectivity index (χ1n) is 5.02. The second kappa shape index (κ2) is 4.83. The molecule has 0 spiro atoms. The van der Waals surface area contributed by atoms with E-state index in [1.54, 1.807) is 0 Å². The number of benzene rings is 2. The maximum absolute atomic E-state index is 13.3. The van der Waals surface area contributed by atoms with Gasteiger partial charge in [-0.15, -0.1) is 0 Å². The Morgan fingerprint density at radius 3 is 2.56 bits per heavy atom. The van der Waals surface area contributed by atoms with Gasteiger partial charge in [-0.05, 0) is 30.3 Å². The minimum absolute atomic E-state index is 0.0232. The molecule has 0 aliphatic heterocycles. The van der Waals surface area contributed by atoms with Crippen LogP contribution < -0.4 is 4.74 Å². The summed E-state index contributed by atoms with van der Waals surface area (Å²) >= 11 is 0. The van der Waals surface area contributed by atoms with E-state index in [1.807, 2.05) is 0 Å². The Morgan fingerprint density at radius 1 is 1.11 bits per heavy atom. The van der Waals surface area contributed by atoms with Crippen LogP contribution in [-0.4, -0.2) is 11.1 Å². The minimum Gasteiger partial charge on any atom is -0.478 e. The van der Waals surface area contributed by atoms with Gasteiger partial charge in [0, 0.05) is 6.07 Å². The van der Waals surface area contributed by atoms with E-state index in [0.29, 0.717) is 6.07 Å². The second-order valence-electron chi connectivity index (χ2n) is 3.51. The normalized spacial score (nSPS) is 10.1. The molecule has 3 nitrogen and oxygen atoms in total. The molecular formula is C13H8F2O3. The summed E-state index contributed by atoms with van der Waals surface area (Å²) in [5, 5.41) is 8.79. The van der Waals surface area contributed by atoms with E-state index in [9.17, 15) is 13.6 Å². The summed E-state index contributed by atoms with van der Waals surface area (Å²) in [4.78, 5) is 10.7. The predicted molar refractivity (Wildman–Crippen MR) is 59.8 cm³/mol. The van der Waals surface area contributed by atoms with Crippen LogP contribution in [0.2, 0.25) is 0 Å². The van der Waals surface area contributed by atoms with E-state index in [0.717, 1.165) is 12.1 Å². The third kappa shape index (κ3) is 2.63. The van der Waals surface area contributed by atoms with Crippen molar-refractivity contribution in [1.82, 2.24) is 0 Å². The molecule has 0 amide bonds. The lowest BCUT2D eigenvalue weighted by molar-refractivity contribution is 0.0696. The summed E-state index contributed by atoms with van der Waals surface area (Å²) in [6.07, 6.45) is 0. The number of hydrogen-bond acceptors (Lipinski definition) is 2. The zero-order valence-electron chi connectivity index (χ0n) is 9.06. The number of aromatic carboxylic acids is 1. The topological polar surface area (TPSA) is 46.5 Å². The first-order valence-corrected chi connectivity index (χ1v) is 5.02. The number of ether oxygens (including phenoxy) is 1. The van der Waals surface area contributed by atoms with Crippen LogP contribution in [0.25, 0.3) is 0 Å². The Balaban J connectivity index is 2.28. The summed E-state index contributed by atoms with van der Waals surface area (Å²) in [6.45, 7) is 0. The lowest BCUT2D eigenvalue weighted by atomic mass is 10.2. The number of carboxylic acid groups (broad SMARTS) is 1. The van der Waals surface area contributed by atoms with E-state index in [2.05, 4.69) is 0 Å². The highest BCUT2D eigenvalue weighted by Crippen LogP contribution is 2.25. The van der Waals surface area contributed by atoms with Gasteiger partial charge in [0.25, 0.3) is 0 Å². The predicted octanol–water partition coefficient (Wildman–Crippen LogP) is 3.46. The average molecular weight is 250 g/mol. The SMILES string of the molecule is O=C(O)c1cccc(Oc2ccc(F)cc2F)c1. The van der Waals surface area contributed by atoms with Gasteiger partial charge in [0.15, 0.2) is 11.6 Å². The fourth-order valence-electron chi connectivity index (χ4n) is 1.38. The van der Waals surface area contributed by atoms with E-state index in [-0.39, 0.29) is 17.1 Å². The largest absolute Gasteiger partial charge is 0.478 e. The molecule has 0 radical (unpaired) electrons. The van der Waals surface area contributed by atoms with Crippen LogP contribution in [0.5, 0.6) is 11.5 Å². The molecule has 2 aromatic carbocycles. The Hall–Kier alpha value is -2.43. The Bertz CT molecular complexity index is 597. The molecular weight excluding hydrogens is 242 g/mol. The summed E-state index contributed by atoms with van der Waals surface area (Å²) in [5.74, 6) is -2.67. The molecule has 0 bridgehead atoms. The number of carboxylic acids is 1. The lowest BCUT2D eigenvalue weighted by Crippen LogP contribution is -1.96. The van der Waals surface area contributed by atoms with Crippen molar-refractivity contribution in [3.05, 3.63) is 59.7 Å². The van der Waals surface area contributed by atoms with Crippen molar-refractivity contribution in [3.8, 4) is 11.5 Å². The molecule has 0 fully saturated rings. The van der Waals surface area contributed by atoms with Crippen LogP contribution in [-0.2, 0) is 0 Å². The van der Waals surface area contributed by atoms with E-state index >= 15 is 0 Å². The number of carbonyl (C=O) groups is 1. The summed E-state index contributed by atoms with van der Waals surface area (Å²) in [7, 11) is 0. The zero-order chi connectivity index (χ0) is 13.1. The van der Waals surface area contributed by atoms with Crippen molar-refractivity contribution in [2.24, 2.45) is 0 Å². The molecule has 0 unspecified atom stereocenters. The first kappa shape index (κ1) is 12.0. The average Bonchev–Trinajstić information content (AvgIpc) is 2.33. The lowest BCUT2D eigenvalue weighted by Gasteiger charge is -2.07. The monoisotopic (exact) mass is 250 g/mol. The van der Waals surface area contributed by atoms with Crippen molar-refractivity contribution in [2.45, 2.75) is 0 Å². The van der Waals surface area contributed by atoms with Crippen molar-refractivity contribution in [2.75, 3.05) is 0 Å². The highest BCUT2D eigenvalue weighted by molar-refractivity contribution is 5.88. The van der Waals surface area contributed by atoms with Crippen LogP contribution in [0, 0.1) is 11.6 Å². The van der Waals surface area contributed by atoms with E-state index in [4.69, 9.17) is 9.84 Å². The highest BCUT2D eigenvalue weighted by atomic mass is 19.1. The Labute approximate surface area is 101 Å². The minimum atomic E-state index is -1.11. The molecule has 0 aliphatic carbocycles. The zero-order valence-corrected chi connectivity index (χ0v) is 9.06. The standard InChI is InChI=1S/C13H8F2O3/c14-9-4-5-12(11(15)7-9)18-10-3-1-2-8(6-10)13(16)17/h1-7H,(H,16,17). The maximum atomic E-state index is 13.3.